The maximum absolute atomic E-state index is 12.1. The van der Waals surface area contributed by atoms with Gasteiger partial charge in [0.25, 0.3) is 0 Å². The molecule has 176 valence electrons. The van der Waals surface area contributed by atoms with Crippen molar-refractivity contribution in [1.29, 1.82) is 0 Å². The Balaban J connectivity index is 0.00000841. The second-order valence-corrected chi connectivity index (χ2v) is 8.45. The predicted octanol–water partition coefficient (Wildman–Crippen LogP) is 1.67. The third-order valence-electron chi connectivity index (χ3n) is 4.67. The number of likely N-dealkylation sites (tertiary alicyclic amines) is 1. The van der Waals surface area contributed by atoms with Crippen LogP contribution in [0.4, 0.5) is 4.79 Å². The van der Waals surface area contributed by atoms with E-state index < -0.39 is 11.7 Å². The van der Waals surface area contributed by atoms with Gasteiger partial charge in [-0.1, -0.05) is 13.3 Å². The van der Waals surface area contributed by atoms with E-state index in [1.807, 2.05) is 20.8 Å². The van der Waals surface area contributed by atoms with Gasteiger partial charge in [0.15, 0.2) is 5.96 Å². The van der Waals surface area contributed by atoms with Crippen molar-refractivity contribution < 1.29 is 14.3 Å². The summed E-state index contributed by atoms with van der Waals surface area (Å²) in [6.45, 7) is 10.4. The minimum atomic E-state index is -0.515. The van der Waals surface area contributed by atoms with Gasteiger partial charge >= 0.3 is 6.09 Å². The Hall–Kier alpha value is -1.30. The molecule has 0 saturated carbocycles. The molecule has 0 aromatic heterocycles. The Bertz CT molecular complexity index is 545. The zero-order chi connectivity index (χ0) is 21.9. The molecule has 1 aliphatic rings. The van der Waals surface area contributed by atoms with Gasteiger partial charge in [0, 0.05) is 45.8 Å². The van der Waals surface area contributed by atoms with Crippen LogP contribution in [0.1, 0.15) is 53.4 Å². The molecule has 0 aliphatic carbocycles. The van der Waals surface area contributed by atoms with Crippen molar-refractivity contribution in [3.05, 3.63) is 0 Å². The molecule has 1 atom stereocenters. The third kappa shape index (κ3) is 12.4. The lowest BCUT2D eigenvalue weighted by atomic mass is 10.1. The lowest BCUT2D eigenvalue weighted by Crippen LogP contribution is -2.52. The number of hydrogen-bond acceptors (Lipinski definition) is 5. The number of hydrogen-bond donors (Lipinski definition) is 4. The quantitative estimate of drug-likeness (QED) is 0.212. The summed E-state index contributed by atoms with van der Waals surface area (Å²) in [5.74, 6) is 0.773. The molecule has 1 heterocycles. The molecule has 0 radical (unpaired) electrons. The van der Waals surface area contributed by atoms with E-state index in [2.05, 4.69) is 38.1 Å². The van der Waals surface area contributed by atoms with Crippen molar-refractivity contribution in [3.63, 3.8) is 0 Å². The lowest BCUT2D eigenvalue weighted by Gasteiger charge is -2.32. The van der Waals surface area contributed by atoms with Crippen molar-refractivity contribution in [2.45, 2.75) is 71.1 Å². The number of rotatable bonds is 8. The summed E-state index contributed by atoms with van der Waals surface area (Å²) in [4.78, 5) is 30.0. The molecule has 1 rings (SSSR count). The maximum Gasteiger partial charge on any atom is 0.407 e. The standard InChI is InChI=1S/C20H40N6O3.HI/c1-7-8-16(25-19(28)29-20(2,3)4)13-23-18(22-6)24-15-9-11-26(12-10-15)14-17(27)21-5;/h15-16H,7-14H2,1-6H3,(H,21,27)(H,25,28)(H2,22,23,24);1H. The number of halogens is 1. The number of alkyl carbamates (subject to hydrolysis) is 1. The van der Waals surface area contributed by atoms with E-state index in [-0.39, 0.29) is 35.9 Å². The zero-order valence-electron chi connectivity index (χ0n) is 19.3. The van der Waals surface area contributed by atoms with Crippen LogP contribution in [-0.2, 0) is 9.53 Å². The summed E-state index contributed by atoms with van der Waals surface area (Å²) in [5, 5.41) is 12.4. The molecule has 1 unspecified atom stereocenters. The topological polar surface area (TPSA) is 107 Å². The van der Waals surface area contributed by atoms with Crippen molar-refractivity contribution in [2.75, 3.05) is 40.3 Å². The van der Waals surface area contributed by atoms with Crippen molar-refractivity contribution >= 4 is 41.9 Å². The number of nitrogens with one attached hydrogen (secondary N) is 4. The fraction of sp³-hybridized carbons (Fsp3) is 0.850. The molecule has 4 N–H and O–H groups in total. The molecule has 1 aliphatic heterocycles. The molecule has 1 saturated heterocycles. The second kappa shape index (κ2) is 14.7. The molecule has 0 aromatic carbocycles. The molecule has 0 bridgehead atoms. The first-order valence-corrected chi connectivity index (χ1v) is 10.6. The van der Waals surface area contributed by atoms with Gasteiger partial charge in [-0.15, -0.1) is 24.0 Å². The largest absolute Gasteiger partial charge is 0.444 e. The van der Waals surface area contributed by atoms with E-state index in [0.29, 0.717) is 19.1 Å². The number of ether oxygens (including phenoxy) is 1. The molecule has 1 fully saturated rings. The zero-order valence-corrected chi connectivity index (χ0v) is 21.7. The smallest absolute Gasteiger partial charge is 0.407 e. The number of piperidine rings is 1. The second-order valence-electron chi connectivity index (χ2n) is 8.45. The first-order valence-electron chi connectivity index (χ1n) is 10.6. The van der Waals surface area contributed by atoms with E-state index in [4.69, 9.17) is 4.74 Å². The Labute approximate surface area is 198 Å². The summed E-state index contributed by atoms with van der Waals surface area (Å²) in [6.07, 6.45) is 3.31. The molecule has 9 nitrogen and oxygen atoms in total. The number of guanidine groups is 1. The fourth-order valence-electron chi connectivity index (χ4n) is 3.17. The summed E-state index contributed by atoms with van der Waals surface area (Å²) in [5.41, 5.74) is -0.515. The van der Waals surface area contributed by atoms with Crippen LogP contribution in [0.25, 0.3) is 0 Å². The summed E-state index contributed by atoms with van der Waals surface area (Å²) >= 11 is 0. The summed E-state index contributed by atoms with van der Waals surface area (Å²) < 4.78 is 5.36. The van der Waals surface area contributed by atoms with Gasteiger partial charge in [-0.2, -0.15) is 0 Å². The molecule has 0 spiro atoms. The fourth-order valence-corrected chi connectivity index (χ4v) is 3.17. The first kappa shape index (κ1) is 28.7. The lowest BCUT2D eigenvalue weighted by molar-refractivity contribution is -0.122. The number of amides is 2. The maximum atomic E-state index is 12.1. The van der Waals surface area contributed by atoms with E-state index in [9.17, 15) is 9.59 Å². The van der Waals surface area contributed by atoms with Crippen LogP contribution in [0.2, 0.25) is 0 Å². The van der Waals surface area contributed by atoms with Gasteiger partial charge in [-0.25, -0.2) is 4.79 Å². The van der Waals surface area contributed by atoms with Crippen LogP contribution in [0.3, 0.4) is 0 Å². The van der Waals surface area contributed by atoms with Gasteiger partial charge in [-0.3, -0.25) is 14.7 Å². The number of nitrogens with zero attached hydrogens (tertiary/aromatic N) is 2. The van der Waals surface area contributed by atoms with Crippen LogP contribution in [-0.4, -0.2) is 80.8 Å². The SMILES string of the molecule is CCCC(CNC(=NC)NC1CCN(CC(=O)NC)CC1)NC(=O)OC(C)(C)C.I. The van der Waals surface area contributed by atoms with E-state index >= 15 is 0 Å². The minimum Gasteiger partial charge on any atom is -0.444 e. The first-order chi connectivity index (χ1) is 13.7. The monoisotopic (exact) mass is 540 g/mol. The van der Waals surface area contributed by atoms with Crippen LogP contribution < -0.4 is 21.3 Å². The van der Waals surface area contributed by atoms with Crippen LogP contribution in [0.15, 0.2) is 4.99 Å². The third-order valence-corrected chi connectivity index (χ3v) is 4.67. The van der Waals surface area contributed by atoms with E-state index in [0.717, 1.165) is 44.7 Å². The number of carbonyl (C=O) groups is 2. The number of carbonyl (C=O) groups excluding carboxylic acids is 2. The van der Waals surface area contributed by atoms with Gasteiger partial charge in [-0.05, 0) is 40.0 Å². The highest BCUT2D eigenvalue weighted by Crippen LogP contribution is 2.10. The summed E-state index contributed by atoms with van der Waals surface area (Å²) in [6, 6.07) is 0.272. The summed E-state index contributed by atoms with van der Waals surface area (Å²) in [7, 11) is 3.40. The van der Waals surface area contributed by atoms with Crippen molar-refractivity contribution in [2.24, 2.45) is 4.99 Å². The molecular formula is C20H41IN6O3. The number of aliphatic imine (C=N–C) groups is 1. The van der Waals surface area contributed by atoms with Crippen molar-refractivity contribution in [1.82, 2.24) is 26.2 Å². The minimum absolute atomic E-state index is 0. The van der Waals surface area contributed by atoms with Gasteiger partial charge in [0.2, 0.25) is 5.91 Å². The molecule has 10 heteroatoms. The molecule has 0 aromatic rings. The van der Waals surface area contributed by atoms with Crippen LogP contribution in [0.5, 0.6) is 0 Å². The van der Waals surface area contributed by atoms with E-state index in [1.165, 1.54) is 0 Å². The predicted molar refractivity (Wildman–Crippen MR) is 132 cm³/mol. The normalized spacial score (nSPS) is 16.8. The Morgan fingerprint density at radius 2 is 1.87 bits per heavy atom. The van der Waals surface area contributed by atoms with Crippen molar-refractivity contribution in [3.8, 4) is 0 Å². The Kier molecular flexibility index (Phi) is 14.0. The van der Waals surface area contributed by atoms with Gasteiger partial charge < -0.3 is 26.0 Å². The Morgan fingerprint density at radius 3 is 2.37 bits per heavy atom. The van der Waals surface area contributed by atoms with Crippen LogP contribution in [0, 0.1) is 0 Å². The highest BCUT2D eigenvalue weighted by atomic mass is 127. The molecular weight excluding hydrogens is 499 g/mol. The molecule has 2 amide bonds. The van der Waals surface area contributed by atoms with Crippen LogP contribution >= 0.6 is 24.0 Å². The average molecular weight is 540 g/mol. The number of likely N-dealkylation sites (N-methyl/N-ethyl adjacent to an activating group) is 1. The highest BCUT2D eigenvalue weighted by Gasteiger charge is 2.22. The Morgan fingerprint density at radius 1 is 1.23 bits per heavy atom. The van der Waals surface area contributed by atoms with Gasteiger partial charge in [0.05, 0.1) is 6.54 Å². The molecule has 30 heavy (non-hydrogen) atoms. The highest BCUT2D eigenvalue weighted by molar-refractivity contribution is 14.0. The van der Waals surface area contributed by atoms with E-state index in [1.54, 1.807) is 14.1 Å². The average Bonchev–Trinajstić information content (AvgIpc) is 2.64. The van der Waals surface area contributed by atoms with Gasteiger partial charge in [0.1, 0.15) is 5.60 Å².